The van der Waals surface area contributed by atoms with E-state index in [2.05, 4.69) is 4.98 Å². The smallest absolute Gasteiger partial charge is 0.328 e. The second-order valence-corrected chi connectivity index (χ2v) is 3.27. The minimum Gasteiger partial charge on any atom is -0.480 e. The van der Waals surface area contributed by atoms with Crippen LogP contribution in [0.25, 0.3) is 0 Å². The van der Waals surface area contributed by atoms with Crippen LogP contribution in [-0.4, -0.2) is 16.1 Å². The fourth-order valence-electron chi connectivity index (χ4n) is 1.19. The van der Waals surface area contributed by atoms with Gasteiger partial charge in [0.15, 0.2) is 0 Å². The van der Waals surface area contributed by atoms with Crippen molar-refractivity contribution in [1.82, 2.24) is 4.98 Å². The normalized spacial score (nSPS) is 14.9. The molecule has 0 saturated heterocycles. The number of aryl methyl sites for hydroxylation is 1. The number of halogens is 1. The summed E-state index contributed by atoms with van der Waals surface area (Å²) in [5.41, 5.74) is 4.63. The molecule has 0 spiro atoms. The molecular formula is C9H11FN2O2. The van der Waals surface area contributed by atoms with E-state index in [-0.39, 0.29) is 5.69 Å². The van der Waals surface area contributed by atoms with Crippen LogP contribution in [-0.2, 0) is 10.3 Å². The van der Waals surface area contributed by atoms with Gasteiger partial charge in [0.1, 0.15) is 5.54 Å². The lowest BCUT2D eigenvalue weighted by Crippen LogP contribution is -2.42. The van der Waals surface area contributed by atoms with Gasteiger partial charge in [-0.3, -0.25) is 0 Å². The number of rotatable bonds is 2. The summed E-state index contributed by atoms with van der Waals surface area (Å²) in [7, 11) is 0. The van der Waals surface area contributed by atoms with Crippen LogP contribution in [0.1, 0.15) is 18.2 Å². The lowest BCUT2D eigenvalue weighted by atomic mass is 9.92. The highest BCUT2D eigenvalue weighted by atomic mass is 19.1. The van der Waals surface area contributed by atoms with Crippen LogP contribution >= 0.6 is 0 Å². The Labute approximate surface area is 80.6 Å². The molecule has 0 amide bonds. The van der Waals surface area contributed by atoms with Crippen molar-refractivity contribution in [3.8, 4) is 0 Å². The maximum atomic E-state index is 12.6. The topological polar surface area (TPSA) is 76.2 Å². The van der Waals surface area contributed by atoms with Gasteiger partial charge >= 0.3 is 5.97 Å². The van der Waals surface area contributed by atoms with E-state index in [0.717, 1.165) is 6.07 Å². The van der Waals surface area contributed by atoms with Crippen LogP contribution < -0.4 is 5.73 Å². The summed E-state index contributed by atoms with van der Waals surface area (Å²) >= 11 is 0. The number of hydrogen-bond donors (Lipinski definition) is 2. The Hall–Kier alpha value is -1.49. The molecule has 3 N–H and O–H groups in total. The number of aromatic nitrogens is 1. The van der Waals surface area contributed by atoms with Crippen molar-refractivity contribution in [3.05, 3.63) is 29.3 Å². The lowest BCUT2D eigenvalue weighted by Gasteiger charge is -2.20. The first-order valence-electron chi connectivity index (χ1n) is 4.01. The zero-order chi connectivity index (χ0) is 10.9. The van der Waals surface area contributed by atoms with Crippen LogP contribution in [0.4, 0.5) is 4.39 Å². The van der Waals surface area contributed by atoms with Crippen molar-refractivity contribution in [2.75, 3.05) is 0 Å². The van der Waals surface area contributed by atoms with Gasteiger partial charge in [-0.1, -0.05) is 6.07 Å². The molecule has 1 atom stereocenters. The van der Waals surface area contributed by atoms with E-state index in [4.69, 9.17) is 10.8 Å². The molecule has 1 aromatic heterocycles. The van der Waals surface area contributed by atoms with Gasteiger partial charge in [0.2, 0.25) is 5.95 Å². The molecule has 1 aromatic rings. The first-order chi connectivity index (χ1) is 6.35. The van der Waals surface area contributed by atoms with E-state index >= 15 is 0 Å². The SMILES string of the molecule is Cc1nc(F)ccc1C(C)(N)C(=O)O. The molecule has 0 aliphatic carbocycles. The van der Waals surface area contributed by atoms with E-state index in [9.17, 15) is 9.18 Å². The van der Waals surface area contributed by atoms with Crippen molar-refractivity contribution in [3.63, 3.8) is 0 Å². The number of aliphatic carboxylic acids is 1. The average molecular weight is 198 g/mol. The number of nitrogens with zero attached hydrogens (tertiary/aromatic N) is 1. The fraction of sp³-hybridized carbons (Fsp3) is 0.333. The third kappa shape index (κ3) is 1.72. The van der Waals surface area contributed by atoms with Gasteiger partial charge in [-0.05, 0) is 19.9 Å². The molecule has 0 aliphatic rings. The van der Waals surface area contributed by atoms with Crippen LogP contribution in [0.15, 0.2) is 12.1 Å². The molecule has 76 valence electrons. The van der Waals surface area contributed by atoms with E-state index in [1.807, 2.05) is 0 Å². The molecule has 0 aliphatic heterocycles. The number of pyridine rings is 1. The standard InChI is InChI=1S/C9H11FN2O2/c1-5-6(3-4-7(10)12-5)9(2,11)8(13)14/h3-4H,11H2,1-2H3,(H,13,14). The Balaban J connectivity index is 3.26. The summed E-state index contributed by atoms with van der Waals surface area (Å²) in [5.74, 6) is -1.82. The molecule has 0 bridgehead atoms. The summed E-state index contributed by atoms with van der Waals surface area (Å²) in [6, 6.07) is 2.43. The highest BCUT2D eigenvalue weighted by Gasteiger charge is 2.32. The Morgan fingerprint density at radius 3 is 2.64 bits per heavy atom. The largest absolute Gasteiger partial charge is 0.480 e. The number of carbonyl (C=O) groups is 1. The zero-order valence-corrected chi connectivity index (χ0v) is 7.91. The molecule has 5 heteroatoms. The minimum atomic E-state index is -1.54. The average Bonchev–Trinajstić information content (AvgIpc) is 2.02. The van der Waals surface area contributed by atoms with E-state index in [0.29, 0.717) is 5.56 Å². The van der Waals surface area contributed by atoms with Gasteiger partial charge in [0.05, 0.1) is 0 Å². The third-order valence-electron chi connectivity index (χ3n) is 2.06. The first-order valence-corrected chi connectivity index (χ1v) is 4.01. The lowest BCUT2D eigenvalue weighted by molar-refractivity contribution is -0.143. The molecule has 14 heavy (non-hydrogen) atoms. The van der Waals surface area contributed by atoms with E-state index < -0.39 is 17.5 Å². The minimum absolute atomic E-state index is 0.289. The van der Waals surface area contributed by atoms with Crippen LogP contribution in [0, 0.1) is 12.9 Å². The molecule has 0 radical (unpaired) electrons. The fourth-order valence-corrected chi connectivity index (χ4v) is 1.19. The van der Waals surface area contributed by atoms with Gasteiger partial charge in [0.25, 0.3) is 0 Å². The van der Waals surface area contributed by atoms with Gasteiger partial charge < -0.3 is 10.8 Å². The Kier molecular flexibility index (Phi) is 2.53. The number of carboxylic acid groups (broad SMARTS) is 1. The molecule has 1 heterocycles. The molecule has 1 unspecified atom stereocenters. The molecular weight excluding hydrogens is 187 g/mol. The van der Waals surface area contributed by atoms with Crippen LogP contribution in [0.5, 0.6) is 0 Å². The highest BCUT2D eigenvalue weighted by Crippen LogP contribution is 2.20. The van der Waals surface area contributed by atoms with Crippen molar-refractivity contribution in [1.29, 1.82) is 0 Å². The third-order valence-corrected chi connectivity index (χ3v) is 2.06. The molecule has 1 rings (SSSR count). The second kappa shape index (κ2) is 3.34. The second-order valence-electron chi connectivity index (χ2n) is 3.27. The van der Waals surface area contributed by atoms with Crippen LogP contribution in [0.2, 0.25) is 0 Å². The Bertz CT molecular complexity index is 377. The molecule has 0 saturated carbocycles. The number of carboxylic acids is 1. The maximum Gasteiger partial charge on any atom is 0.328 e. The summed E-state index contributed by atoms with van der Waals surface area (Å²) in [6.45, 7) is 2.86. The monoisotopic (exact) mass is 198 g/mol. The molecule has 0 fully saturated rings. The predicted molar refractivity (Wildman–Crippen MR) is 48.1 cm³/mol. The molecule has 0 aromatic carbocycles. The Morgan fingerprint density at radius 2 is 2.21 bits per heavy atom. The summed E-state index contributed by atoms with van der Waals surface area (Å²) in [4.78, 5) is 14.3. The number of hydrogen-bond acceptors (Lipinski definition) is 3. The van der Waals surface area contributed by atoms with E-state index in [1.165, 1.54) is 19.9 Å². The van der Waals surface area contributed by atoms with Crippen molar-refractivity contribution in [2.24, 2.45) is 5.73 Å². The van der Waals surface area contributed by atoms with Crippen molar-refractivity contribution in [2.45, 2.75) is 19.4 Å². The first kappa shape index (κ1) is 10.6. The van der Waals surface area contributed by atoms with Gasteiger partial charge in [0, 0.05) is 11.3 Å². The summed E-state index contributed by atoms with van der Waals surface area (Å²) in [6.07, 6.45) is 0. The van der Waals surface area contributed by atoms with Gasteiger partial charge in [-0.15, -0.1) is 0 Å². The van der Waals surface area contributed by atoms with Gasteiger partial charge in [-0.25, -0.2) is 9.78 Å². The summed E-state index contributed by atoms with van der Waals surface area (Å²) < 4.78 is 12.6. The van der Waals surface area contributed by atoms with Crippen molar-refractivity contribution >= 4 is 5.97 Å². The van der Waals surface area contributed by atoms with Crippen molar-refractivity contribution < 1.29 is 14.3 Å². The molecule has 4 nitrogen and oxygen atoms in total. The maximum absolute atomic E-state index is 12.6. The number of nitrogens with two attached hydrogens (primary N) is 1. The highest BCUT2D eigenvalue weighted by molar-refractivity contribution is 5.80. The Morgan fingerprint density at radius 1 is 1.64 bits per heavy atom. The van der Waals surface area contributed by atoms with E-state index in [1.54, 1.807) is 0 Å². The quantitative estimate of drug-likeness (QED) is 0.689. The van der Waals surface area contributed by atoms with Crippen LogP contribution in [0.3, 0.4) is 0 Å². The predicted octanol–water partition coefficient (Wildman–Crippen LogP) is 0.788. The summed E-state index contributed by atoms with van der Waals surface area (Å²) in [5, 5.41) is 8.84. The van der Waals surface area contributed by atoms with Gasteiger partial charge in [-0.2, -0.15) is 4.39 Å². The zero-order valence-electron chi connectivity index (χ0n) is 7.91.